The highest BCUT2D eigenvalue weighted by atomic mass is 35.5. The van der Waals surface area contributed by atoms with Gasteiger partial charge in [0.05, 0.1) is 26.3 Å². The molecule has 0 aromatic carbocycles. The van der Waals surface area contributed by atoms with Gasteiger partial charge in [0, 0.05) is 24.1 Å². The predicted molar refractivity (Wildman–Crippen MR) is 63.9 cm³/mol. The summed E-state index contributed by atoms with van der Waals surface area (Å²) in [6, 6.07) is 0. The standard InChI is InChI=1S/C10H13Cl2N3O2/c11-9-8(3-13-10(12)14-9)6-17-5-7-1-2-15(16)4-7/h3,7,15H,1-2,4-6H2/t7-/m0/s1. The van der Waals surface area contributed by atoms with E-state index in [4.69, 9.17) is 27.9 Å². The molecule has 7 heteroatoms. The van der Waals surface area contributed by atoms with E-state index >= 15 is 0 Å². The van der Waals surface area contributed by atoms with Gasteiger partial charge in [0.1, 0.15) is 5.15 Å². The molecule has 0 spiro atoms. The van der Waals surface area contributed by atoms with Crippen molar-refractivity contribution >= 4 is 23.2 Å². The molecule has 1 fully saturated rings. The van der Waals surface area contributed by atoms with Crippen molar-refractivity contribution in [3.05, 3.63) is 27.4 Å². The van der Waals surface area contributed by atoms with Crippen molar-refractivity contribution in [2.75, 3.05) is 19.7 Å². The fraction of sp³-hybridized carbons (Fsp3) is 0.600. The van der Waals surface area contributed by atoms with Crippen molar-refractivity contribution in [3.8, 4) is 0 Å². The minimum absolute atomic E-state index is 0.125. The van der Waals surface area contributed by atoms with E-state index in [1.54, 1.807) is 6.20 Å². The first-order valence-corrected chi connectivity index (χ1v) is 6.17. The number of ether oxygens (including phenoxy) is 1. The second-order valence-electron chi connectivity index (χ2n) is 4.12. The van der Waals surface area contributed by atoms with Gasteiger partial charge in [-0.25, -0.2) is 9.97 Å². The normalized spacial score (nSPS) is 24.2. The second-order valence-corrected chi connectivity index (χ2v) is 4.81. The SMILES string of the molecule is [O-][NH+]1CC[C@H](COCc2cnc(Cl)nc2Cl)C1. The Morgan fingerprint density at radius 1 is 1.53 bits per heavy atom. The highest BCUT2D eigenvalue weighted by Gasteiger charge is 2.21. The third-order valence-electron chi connectivity index (χ3n) is 2.74. The van der Waals surface area contributed by atoms with E-state index in [1.165, 1.54) is 0 Å². The highest BCUT2D eigenvalue weighted by molar-refractivity contribution is 6.32. The van der Waals surface area contributed by atoms with Crippen LogP contribution in [0.15, 0.2) is 6.20 Å². The third kappa shape index (κ3) is 3.76. The average Bonchev–Trinajstić information content (AvgIpc) is 2.68. The monoisotopic (exact) mass is 277 g/mol. The van der Waals surface area contributed by atoms with Crippen LogP contribution in [0.4, 0.5) is 0 Å². The molecule has 0 amide bonds. The summed E-state index contributed by atoms with van der Waals surface area (Å²) in [7, 11) is 0. The molecule has 1 aliphatic rings. The van der Waals surface area contributed by atoms with Gasteiger partial charge < -0.3 is 15.0 Å². The minimum atomic E-state index is 0.125. The molecule has 0 saturated carbocycles. The number of nitrogens with one attached hydrogen (secondary N) is 1. The van der Waals surface area contributed by atoms with E-state index in [2.05, 4.69) is 9.97 Å². The summed E-state index contributed by atoms with van der Waals surface area (Å²) in [5.74, 6) is 0.342. The smallest absolute Gasteiger partial charge is 0.223 e. The number of hydroxylamine groups is 2. The maximum atomic E-state index is 11.1. The Kier molecular flexibility index (Phi) is 4.53. The molecule has 5 nitrogen and oxygen atoms in total. The molecule has 1 aromatic heterocycles. The van der Waals surface area contributed by atoms with Crippen molar-refractivity contribution < 1.29 is 9.80 Å². The Morgan fingerprint density at radius 2 is 2.35 bits per heavy atom. The number of halogens is 2. The molecule has 1 unspecified atom stereocenters. The van der Waals surface area contributed by atoms with Crippen LogP contribution in [0, 0.1) is 11.1 Å². The van der Waals surface area contributed by atoms with Gasteiger partial charge in [0.25, 0.3) is 0 Å². The number of hydrogen-bond donors (Lipinski definition) is 1. The number of quaternary nitrogens is 1. The molecule has 94 valence electrons. The lowest BCUT2D eigenvalue weighted by Crippen LogP contribution is -3.05. The van der Waals surface area contributed by atoms with Gasteiger partial charge >= 0.3 is 0 Å². The first kappa shape index (κ1) is 13.0. The quantitative estimate of drug-likeness (QED) is 0.500. The first-order valence-electron chi connectivity index (χ1n) is 5.41. The molecular weight excluding hydrogens is 265 g/mol. The molecule has 1 saturated heterocycles. The van der Waals surface area contributed by atoms with E-state index in [9.17, 15) is 5.21 Å². The summed E-state index contributed by atoms with van der Waals surface area (Å²) in [6.45, 7) is 2.23. The van der Waals surface area contributed by atoms with Crippen molar-refractivity contribution in [2.24, 2.45) is 5.92 Å². The van der Waals surface area contributed by atoms with E-state index in [0.717, 1.165) is 6.42 Å². The maximum absolute atomic E-state index is 11.1. The summed E-state index contributed by atoms with van der Waals surface area (Å²) >= 11 is 11.5. The van der Waals surface area contributed by atoms with Gasteiger partial charge in [0.15, 0.2) is 0 Å². The summed E-state index contributed by atoms with van der Waals surface area (Å²) in [6.07, 6.45) is 2.47. The van der Waals surface area contributed by atoms with Gasteiger partial charge in [-0.15, -0.1) is 0 Å². The number of hydrogen-bond acceptors (Lipinski definition) is 4. The molecule has 2 atom stereocenters. The van der Waals surface area contributed by atoms with Crippen molar-refractivity contribution in [1.29, 1.82) is 0 Å². The van der Waals surface area contributed by atoms with Crippen LogP contribution in [-0.2, 0) is 11.3 Å². The first-order chi connectivity index (χ1) is 8.15. The summed E-state index contributed by atoms with van der Waals surface area (Å²) in [5, 5.41) is 11.8. The molecule has 0 aliphatic carbocycles. The van der Waals surface area contributed by atoms with Gasteiger partial charge in [-0.05, 0) is 11.6 Å². The summed E-state index contributed by atoms with van der Waals surface area (Å²) < 4.78 is 5.51. The Bertz CT molecular complexity index is 392. The van der Waals surface area contributed by atoms with Crippen molar-refractivity contribution in [2.45, 2.75) is 13.0 Å². The zero-order valence-corrected chi connectivity index (χ0v) is 10.7. The average molecular weight is 278 g/mol. The minimum Gasteiger partial charge on any atom is -0.634 e. The fourth-order valence-electron chi connectivity index (χ4n) is 1.83. The molecule has 2 heterocycles. The van der Waals surface area contributed by atoms with Crippen LogP contribution >= 0.6 is 23.2 Å². The van der Waals surface area contributed by atoms with Gasteiger partial charge in [0.2, 0.25) is 5.28 Å². The number of nitrogens with zero attached hydrogens (tertiary/aromatic N) is 2. The molecular formula is C10H13Cl2N3O2. The Morgan fingerprint density at radius 3 is 3.00 bits per heavy atom. The van der Waals surface area contributed by atoms with E-state index in [0.29, 0.717) is 48.0 Å². The topological polar surface area (TPSA) is 62.5 Å². The molecule has 0 radical (unpaired) electrons. The molecule has 1 aromatic rings. The summed E-state index contributed by atoms with van der Waals surface area (Å²) in [5.41, 5.74) is 0.709. The second kappa shape index (κ2) is 5.93. The molecule has 1 aliphatic heterocycles. The molecule has 0 bridgehead atoms. The van der Waals surface area contributed by atoms with Crippen LogP contribution in [0.1, 0.15) is 12.0 Å². The van der Waals surface area contributed by atoms with Gasteiger partial charge in [-0.1, -0.05) is 11.6 Å². The fourth-order valence-corrected chi connectivity index (χ4v) is 2.19. The highest BCUT2D eigenvalue weighted by Crippen LogP contribution is 2.15. The molecule has 1 N–H and O–H groups in total. The van der Waals surface area contributed by atoms with Gasteiger partial charge in [-0.2, -0.15) is 0 Å². The van der Waals surface area contributed by atoms with Crippen LogP contribution < -0.4 is 5.06 Å². The van der Waals surface area contributed by atoms with E-state index in [1.807, 2.05) is 0 Å². The number of aromatic nitrogens is 2. The lowest BCUT2D eigenvalue weighted by atomic mass is 10.1. The Balaban J connectivity index is 1.78. The zero-order valence-electron chi connectivity index (χ0n) is 9.16. The largest absolute Gasteiger partial charge is 0.634 e. The van der Waals surface area contributed by atoms with Crippen molar-refractivity contribution in [3.63, 3.8) is 0 Å². The predicted octanol–water partition coefficient (Wildman–Crippen LogP) is 0.703. The van der Waals surface area contributed by atoms with Crippen LogP contribution in [0.25, 0.3) is 0 Å². The van der Waals surface area contributed by atoms with E-state index < -0.39 is 0 Å². The molecule has 17 heavy (non-hydrogen) atoms. The Labute approximate surface area is 109 Å². The third-order valence-corrected chi connectivity index (χ3v) is 3.25. The van der Waals surface area contributed by atoms with Crippen LogP contribution in [0.2, 0.25) is 10.4 Å². The number of rotatable bonds is 4. The Hall–Kier alpha value is -0.460. The summed E-state index contributed by atoms with van der Waals surface area (Å²) in [4.78, 5) is 7.66. The van der Waals surface area contributed by atoms with Crippen molar-refractivity contribution in [1.82, 2.24) is 9.97 Å². The lowest BCUT2D eigenvalue weighted by molar-refractivity contribution is -0.835. The van der Waals surface area contributed by atoms with Crippen LogP contribution in [0.3, 0.4) is 0 Å². The van der Waals surface area contributed by atoms with Crippen LogP contribution in [-0.4, -0.2) is 29.7 Å². The molecule has 2 rings (SSSR count). The van der Waals surface area contributed by atoms with Crippen LogP contribution in [0.5, 0.6) is 0 Å². The van der Waals surface area contributed by atoms with Gasteiger partial charge in [-0.3, -0.25) is 0 Å². The maximum Gasteiger partial charge on any atom is 0.223 e. The lowest BCUT2D eigenvalue weighted by Gasteiger charge is -2.15. The van der Waals surface area contributed by atoms with E-state index in [-0.39, 0.29) is 5.28 Å². The zero-order chi connectivity index (χ0) is 12.3.